The minimum absolute atomic E-state index is 0.0661. The third-order valence-corrected chi connectivity index (χ3v) is 2.47. The molecular formula is C11H9ClFN3O. The van der Waals surface area contributed by atoms with Gasteiger partial charge in [-0.1, -0.05) is 11.6 Å². The van der Waals surface area contributed by atoms with E-state index in [0.29, 0.717) is 11.4 Å². The molecule has 2 amide bonds. The first-order valence-corrected chi connectivity index (χ1v) is 5.14. The number of benzene rings is 1. The van der Waals surface area contributed by atoms with Crippen LogP contribution in [0.3, 0.4) is 0 Å². The van der Waals surface area contributed by atoms with Crippen molar-refractivity contribution in [2.24, 2.45) is 5.73 Å². The largest absolute Gasteiger partial charge is 0.351 e. The van der Waals surface area contributed by atoms with E-state index in [-0.39, 0.29) is 5.02 Å². The Hall–Kier alpha value is -2.01. The molecule has 0 atom stereocenters. The summed E-state index contributed by atoms with van der Waals surface area (Å²) in [7, 11) is 0. The van der Waals surface area contributed by atoms with Gasteiger partial charge in [0.15, 0.2) is 0 Å². The number of carbonyl (C=O) groups excluding carboxylic acids is 1. The molecule has 0 fully saturated rings. The molecule has 3 N–H and O–H groups in total. The Morgan fingerprint density at radius 3 is 2.82 bits per heavy atom. The van der Waals surface area contributed by atoms with Gasteiger partial charge in [0.1, 0.15) is 5.82 Å². The molecule has 0 aliphatic rings. The van der Waals surface area contributed by atoms with Crippen LogP contribution in [0.2, 0.25) is 5.02 Å². The zero-order valence-electron chi connectivity index (χ0n) is 8.65. The Bertz CT molecular complexity index is 568. The van der Waals surface area contributed by atoms with Gasteiger partial charge in [0.25, 0.3) is 0 Å². The van der Waals surface area contributed by atoms with Crippen molar-refractivity contribution < 1.29 is 9.18 Å². The molecule has 2 aromatic rings. The lowest BCUT2D eigenvalue weighted by Crippen LogP contribution is -2.18. The van der Waals surface area contributed by atoms with Crippen molar-refractivity contribution in [2.75, 3.05) is 5.32 Å². The molecule has 0 radical (unpaired) electrons. The molecule has 4 nitrogen and oxygen atoms in total. The zero-order valence-corrected chi connectivity index (χ0v) is 9.41. The summed E-state index contributed by atoms with van der Waals surface area (Å²) >= 11 is 5.58. The molecule has 0 saturated heterocycles. The highest BCUT2D eigenvalue weighted by Crippen LogP contribution is 2.20. The van der Waals surface area contributed by atoms with Crippen LogP contribution in [-0.2, 0) is 0 Å². The number of rotatable bonds is 2. The third kappa shape index (κ3) is 2.57. The van der Waals surface area contributed by atoms with E-state index >= 15 is 0 Å². The van der Waals surface area contributed by atoms with Crippen molar-refractivity contribution in [1.29, 1.82) is 0 Å². The summed E-state index contributed by atoms with van der Waals surface area (Å²) in [6.45, 7) is 0. The molecule has 0 bridgehead atoms. The van der Waals surface area contributed by atoms with Crippen LogP contribution in [0, 0.1) is 5.82 Å². The Balaban J connectivity index is 2.30. The maximum atomic E-state index is 13.2. The number of nitrogens with two attached hydrogens (primary N) is 1. The van der Waals surface area contributed by atoms with Crippen molar-refractivity contribution in [3.63, 3.8) is 0 Å². The first-order valence-electron chi connectivity index (χ1n) is 4.76. The predicted octanol–water partition coefficient (Wildman–Crippen LogP) is 2.76. The maximum absolute atomic E-state index is 13.2. The summed E-state index contributed by atoms with van der Waals surface area (Å²) in [5.74, 6) is -0.498. The molecule has 0 spiro atoms. The van der Waals surface area contributed by atoms with Gasteiger partial charge in [-0.3, -0.25) is 0 Å². The van der Waals surface area contributed by atoms with E-state index in [9.17, 15) is 9.18 Å². The van der Waals surface area contributed by atoms with Gasteiger partial charge in [0.05, 0.1) is 10.7 Å². The van der Waals surface area contributed by atoms with Gasteiger partial charge < -0.3 is 15.6 Å². The number of amides is 2. The number of primary amides is 1. The molecule has 17 heavy (non-hydrogen) atoms. The van der Waals surface area contributed by atoms with Gasteiger partial charge in [-0.05, 0) is 24.3 Å². The second-order valence-corrected chi connectivity index (χ2v) is 3.80. The molecule has 1 aromatic carbocycles. The zero-order chi connectivity index (χ0) is 12.4. The van der Waals surface area contributed by atoms with Crippen molar-refractivity contribution in [2.45, 2.75) is 0 Å². The number of nitrogens with one attached hydrogen (secondary N) is 1. The highest BCUT2D eigenvalue weighted by molar-refractivity contribution is 6.30. The number of carbonyl (C=O) groups is 1. The number of urea groups is 1. The smallest absolute Gasteiger partial charge is 0.316 e. The van der Waals surface area contributed by atoms with Gasteiger partial charge in [-0.15, -0.1) is 0 Å². The third-order valence-electron chi connectivity index (χ3n) is 2.16. The molecular weight excluding hydrogens is 245 g/mol. The van der Waals surface area contributed by atoms with E-state index in [1.54, 1.807) is 29.1 Å². The van der Waals surface area contributed by atoms with Crippen LogP contribution >= 0.6 is 11.6 Å². The molecule has 1 heterocycles. The van der Waals surface area contributed by atoms with Gasteiger partial charge in [-0.2, -0.15) is 0 Å². The van der Waals surface area contributed by atoms with Crippen LogP contribution in [0.25, 0.3) is 5.69 Å². The number of nitrogens with zero attached hydrogens (tertiary/aromatic N) is 1. The normalized spacial score (nSPS) is 10.2. The number of aromatic nitrogens is 1. The second-order valence-electron chi connectivity index (χ2n) is 3.40. The van der Waals surface area contributed by atoms with Gasteiger partial charge in [0.2, 0.25) is 0 Å². The fourth-order valence-corrected chi connectivity index (χ4v) is 1.54. The molecule has 0 aliphatic heterocycles. The molecule has 1 aromatic heterocycles. The Labute approximate surface area is 102 Å². The van der Waals surface area contributed by atoms with E-state index in [4.69, 9.17) is 17.3 Å². The van der Waals surface area contributed by atoms with Crippen LogP contribution in [0.15, 0.2) is 36.7 Å². The molecule has 6 heteroatoms. The molecule has 2 rings (SSSR count). The summed E-state index contributed by atoms with van der Waals surface area (Å²) in [5.41, 5.74) is 6.12. The van der Waals surface area contributed by atoms with Crippen molar-refractivity contribution in [1.82, 2.24) is 4.57 Å². The molecule has 88 valence electrons. The summed E-state index contributed by atoms with van der Waals surface area (Å²) in [5, 5.41) is 2.49. The van der Waals surface area contributed by atoms with Crippen LogP contribution < -0.4 is 11.1 Å². The quantitative estimate of drug-likeness (QED) is 0.849. The Morgan fingerprint density at radius 1 is 1.41 bits per heavy atom. The molecule has 0 aliphatic carbocycles. The number of halogens is 2. The minimum atomic E-state index is -0.648. The van der Waals surface area contributed by atoms with Crippen molar-refractivity contribution >= 4 is 23.3 Å². The Kier molecular flexibility index (Phi) is 3.01. The average molecular weight is 254 g/mol. The van der Waals surface area contributed by atoms with E-state index in [2.05, 4.69) is 5.32 Å². The fourth-order valence-electron chi connectivity index (χ4n) is 1.42. The van der Waals surface area contributed by atoms with E-state index < -0.39 is 11.8 Å². The van der Waals surface area contributed by atoms with Gasteiger partial charge in [0, 0.05) is 18.1 Å². The topological polar surface area (TPSA) is 60.1 Å². The lowest BCUT2D eigenvalue weighted by atomic mass is 10.3. The van der Waals surface area contributed by atoms with Crippen LogP contribution in [-0.4, -0.2) is 10.6 Å². The lowest BCUT2D eigenvalue weighted by molar-refractivity contribution is 0.259. The summed E-state index contributed by atoms with van der Waals surface area (Å²) in [6.07, 6.45) is 3.29. The van der Waals surface area contributed by atoms with Crippen LogP contribution in [0.5, 0.6) is 0 Å². The summed E-state index contributed by atoms with van der Waals surface area (Å²) in [4.78, 5) is 10.6. The van der Waals surface area contributed by atoms with Crippen LogP contribution in [0.1, 0.15) is 0 Å². The van der Waals surface area contributed by atoms with Gasteiger partial charge >= 0.3 is 6.03 Å². The maximum Gasteiger partial charge on any atom is 0.316 e. The van der Waals surface area contributed by atoms with E-state index in [0.717, 1.165) is 0 Å². The number of hydrogen-bond acceptors (Lipinski definition) is 1. The number of hydrogen-bond donors (Lipinski definition) is 2. The minimum Gasteiger partial charge on any atom is -0.351 e. The monoisotopic (exact) mass is 253 g/mol. The van der Waals surface area contributed by atoms with Crippen molar-refractivity contribution in [3.8, 4) is 5.69 Å². The highest BCUT2D eigenvalue weighted by atomic mass is 35.5. The average Bonchev–Trinajstić information content (AvgIpc) is 2.69. The fraction of sp³-hybridized carbons (Fsp3) is 0. The Morgan fingerprint density at radius 2 is 2.18 bits per heavy atom. The van der Waals surface area contributed by atoms with Gasteiger partial charge in [-0.25, -0.2) is 9.18 Å². The molecule has 0 unspecified atom stereocenters. The molecule has 0 saturated carbocycles. The SMILES string of the molecule is NC(=O)Nc1ccn(-c2ccc(Cl)c(F)c2)c1. The van der Waals surface area contributed by atoms with Crippen molar-refractivity contribution in [3.05, 3.63) is 47.5 Å². The first kappa shape index (κ1) is 11.5. The van der Waals surface area contributed by atoms with E-state index in [1.807, 2.05) is 0 Å². The standard InChI is InChI=1S/C11H9ClFN3O/c12-9-2-1-8(5-10(9)13)16-4-3-7(6-16)15-11(14)17/h1-6H,(H3,14,15,17). The summed E-state index contributed by atoms with van der Waals surface area (Å²) in [6, 6.07) is 5.44. The number of anilines is 1. The lowest BCUT2D eigenvalue weighted by Gasteiger charge is -2.03. The van der Waals surface area contributed by atoms with Crippen LogP contribution in [0.4, 0.5) is 14.9 Å². The van der Waals surface area contributed by atoms with E-state index in [1.165, 1.54) is 12.1 Å². The second kappa shape index (κ2) is 4.47. The summed E-state index contributed by atoms with van der Waals surface area (Å²) < 4.78 is 14.9. The first-order chi connectivity index (χ1) is 8.06. The predicted molar refractivity (Wildman–Crippen MR) is 63.9 cm³/mol. The highest BCUT2D eigenvalue weighted by Gasteiger charge is 2.04.